The summed E-state index contributed by atoms with van der Waals surface area (Å²) in [4.78, 5) is 11.7. The molecular weight excluding hydrogens is 206 g/mol. The Labute approximate surface area is 92.9 Å². The molecule has 0 spiro atoms. The van der Waals surface area contributed by atoms with Crippen LogP contribution in [-0.4, -0.2) is 27.4 Å². The monoisotopic (exact) mass is 221 g/mol. The second-order valence-corrected chi connectivity index (χ2v) is 3.75. The number of anilines is 1. The highest BCUT2D eigenvalue weighted by Crippen LogP contribution is 2.17. The molecule has 0 aliphatic heterocycles. The minimum atomic E-state index is -0.0330. The molecule has 0 atom stereocenters. The lowest BCUT2D eigenvalue weighted by molar-refractivity contribution is 0.311. The molecule has 0 aliphatic carbocycles. The lowest BCUT2D eigenvalue weighted by Gasteiger charge is -2.04. The highest BCUT2D eigenvalue weighted by atomic mass is 16.3. The molecule has 86 valence electrons. The minimum absolute atomic E-state index is 0.0330. The van der Waals surface area contributed by atoms with Crippen molar-refractivity contribution < 1.29 is 5.11 Å². The Kier molecular flexibility index (Phi) is 2.70. The van der Waals surface area contributed by atoms with Crippen molar-refractivity contribution in [2.24, 2.45) is 14.1 Å². The van der Waals surface area contributed by atoms with E-state index < -0.39 is 0 Å². The second kappa shape index (κ2) is 4.02. The fraction of sp³-hybridized carbons (Fsp3) is 0.364. The number of hydrogen-bond donors (Lipinski definition) is 2. The summed E-state index contributed by atoms with van der Waals surface area (Å²) in [5, 5.41) is 11.8. The number of aliphatic hydroxyl groups is 1. The van der Waals surface area contributed by atoms with Gasteiger partial charge in [0, 0.05) is 26.3 Å². The number of aryl methyl sites for hydroxylation is 2. The number of rotatable bonds is 3. The molecule has 0 saturated carbocycles. The van der Waals surface area contributed by atoms with Gasteiger partial charge in [0.1, 0.15) is 0 Å². The molecule has 1 heterocycles. The van der Waals surface area contributed by atoms with E-state index in [0.717, 1.165) is 16.7 Å². The van der Waals surface area contributed by atoms with Crippen molar-refractivity contribution in [2.45, 2.75) is 0 Å². The maximum absolute atomic E-state index is 11.7. The summed E-state index contributed by atoms with van der Waals surface area (Å²) in [6.45, 7) is 0.595. The normalized spacial score (nSPS) is 10.9. The van der Waals surface area contributed by atoms with Crippen LogP contribution in [0, 0.1) is 0 Å². The quantitative estimate of drug-likeness (QED) is 0.782. The maximum Gasteiger partial charge on any atom is 0.328 e. The van der Waals surface area contributed by atoms with Crippen molar-refractivity contribution in [3.05, 3.63) is 28.7 Å². The van der Waals surface area contributed by atoms with Crippen LogP contribution in [0.4, 0.5) is 5.69 Å². The minimum Gasteiger partial charge on any atom is -0.395 e. The number of aliphatic hydroxyl groups excluding tert-OH is 1. The average Bonchev–Trinajstić information content (AvgIpc) is 2.52. The van der Waals surface area contributed by atoms with Gasteiger partial charge in [0.15, 0.2) is 0 Å². The van der Waals surface area contributed by atoms with Gasteiger partial charge in [0.05, 0.1) is 17.6 Å². The van der Waals surface area contributed by atoms with Gasteiger partial charge in [-0.05, 0) is 18.2 Å². The first-order chi connectivity index (χ1) is 7.65. The Hall–Kier alpha value is -1.75. The molecule has 1 aromatic carbocycles. The first kappa shape index (κ1) is 10.8. The van der Waals surface area contributed by atoms with Crippen molar-refractivity contribution >= 4 is 16.7 Å². The van der Waals surface area contributed by atoms with E-state index in [9.17, 15) is 4.79 Å². The van der Waals surface area contributed by atoms with Crippen molar-refractivity contribution in [1.82, 2.24) is 9.13 Å². The van der Waals surface area contributed by atoms with Crippen molar-refractivity contribution in [2.75, 3.05) is 18.5 Å². The Morgan fingerprint density at radius 1 is 1.25 bits per heavy atom. The summed E-state index contributed by atoms with van der Waals surface area (Å²) in [5.41, 5.74) is 2.66. The zero-order chi connectivity index (χ0) is 11.7. The summed E-state index contributed by atoms with van der Waals surface area (Å²) in [7, 11) is 3.51. The van der Waals surface area contributed by atoms with Gasteiger partial charge in [0.2, 0.25) is 0 Å². The van der Waals surface area contributed by atoms with Crippen LogP contribution in [0.5, 0.6) is 0 Å². The number of benzene rings is 1. The zero-order valence-electron chi connectivity index (χ0n) is 9.40. The second-order valence-electron chi connectivity index (χ2n) is 3.75. The van der Waals surface area contributed by atoms with Gasteiger partial charge in [-0.25, -0.2) is 4.79 Å². The largest absolute Gasteiger partial charge is 0.395 e. The number of aromatic nitrogens is 2. The molecule has 16 heavy (non-hydrogen) atoms. The van der Waals surface area contributed by atoms with E-state index in [0.29, 0.717) is 6.54 Å². The zero-order valence-corrected chi connectivity index (χ0v) is 9.40. The van der Waals surface area contributed by atoms with Crippen molar-refractivity contribution in [3.8, 4) is 0 Å². The van der Waals surface area contributed by atoms with E-state index in [1.165, 1.54) is 0 Å². The van der Waals surface area contributed by atoms with Crippen LogP contribution in [-0.2, 0) is 14.1 Å². The standard InChI is InChI=1S/C11H15N3O2/c1-13-9-4-3-8(12-5-6-15)7-10(9)14(2)11(13)16/h3-4,7,12,15H,5-6H2,1-2H3. The summed E-state index contributed by atoms with van der Waals surface area (Å²) in [6.07, 6.45) is 0. The van der Waals surface area contributed by atoms with E-state index >= 15 is 0 Å². The number of nitrogens with one attached hydrogen (secondary N) is 1. The highest BCUT2D eigenvalue weighted by Gasteiger charge is 2.07. The summed E-state index contributed by atoms with van der Waals surface area (Å²) < 4.78 is 3.23. The van der Waals surface area contributed by atoms with E-state index in [-0.39, 0.29) is 12.3 Å². The lowest BCUT2D eigenvalue weighted by Crippen LogP contribution is -2.19. The van der Waals surface area contributed by atoms with Gasteiger partial charge in [-0.1, -0.05) is 0 Å². The fourth-order valence-corrected chi connectivity index (χ4v) is 1.82. The van der Waals surface area contributed by atoms with Gasteiger partial charge in [-0.2, -0.15) is 0 Å². The number of fused-ring (bicyclic) bond motifs is 1. The summed E-state index contributed by atoms with van der Waals surface area (Å²) >= 11 is 0. The third-order valence-corrected chi connectivity index (χ3v) is 2.71. The van der Waals surface area contributed by atoms with Gasteiger partial charge in [0.25, 0.3) is 0 Å². The molecule has 2 rings (SSSR count). The van der Waals surface area contributed by atoms with Crippen LogP contribution < -0.4 is 11.0 Å². The number of imidazole rings is 1. The topological polar surface area (TPSA) is 59.2 Å². The average molecular weight is 221 g/mol. The van der Waals surface area contributed by atoms with Crippen molar-refractivity contribution in [3.63, 3.8) is 0 Å². The van der Waals surface area contributed by atoms with Crippen molar-refractivity contribution in [1.29, 1.82) is 0 Å². The molecule has 0 bridgehead atoms. The van der Waals surface area contributed by atoms with Crippen LogP contribution >= 0.6 is 0 Å². The van der Waals surface area contributed by atoms with E-state index in [1.807, 2.05) is 18.2 Å². The molecule has 1 aromatic heterocycles. The van der Waals surface area contributed by atoms with E-state index in [4.69, 9.17) is 5.11 Å². The Morgan fingerprint density at radius 3 is 2.62 bits per heavy atom. The fourth-order valence-electron chi connectivity index (χ4n) is 1.82. The summed E-state index contributed by atoms with van der Waals surface area (Å²) in [6, 6.07) is 5.71. The third kappa shape index (κ3) is 1.59. The van der Waals surface area contributed by atoms with E-state index in [2.05, 4.69) is 5.32 Å². The molecule has 5 nitrogen and oxygen atoms in total. The van der Waals surface area contributed by atoms with Gasteiger partial charge >= 0.3 is 5.69 Å². The smallest absolute Gasteiger partial charge is 0.328 e. The van der Waals surface area contributed by atoms with E-state index in [1.54, 1.807) is 23.2 Å². The predicted octanol–water partition coefficient (Wildman–Crippen LogP) is 0.281. The molecule has 5 heteroatoms. The van der Waals surface area contributed by atoms with Gasteiger partial charge < -0.3 is 10.4 Å². The Balaban J connectivity index is 2.54. The van der Waals surface area contributed by atoms with Crippen LogP contribution in [0.1, 0.15) is 0 Å². The third-order valence-electron chi connectivity index (χ3n) is 2.71. The first-order valence-corrected chi connectivity index (χ1v) is 5.15. The maximum atomic E-state index is 11.7. The lowest BCUT2D eigenvalue weighted by atomic mass is 10.2. The Bertz CT molecular complexity index is 568. The summed E-state index contributed by atoms with van der Waals surface area (Å²) in [5.74, 6) is 0. The number of hydrogen-bond acceptors (Lipinski definition) is 3. The molecule has 0 amide bonds. The molecule has 0 radical (unpaired) electrons. The Morgan fingerprint density at radius 2 is 1.94 bits per heavy atom. The highest BCUT2D eigenvalue weighted by molar-refractivity contribution is 5.80. The van der Waals surface area contributed by atoms with Gasteiger partial charge in [-0.3, -0.25) is 9.13 Å². The van der Waals surface area contributed by atoms with Crippen LogP contribution in [0.25, 0.3) is 11.0 Å². The predicted molar refractivity (Wildman–Crippen MR) is 63.7 cm³/mol. The molecule has 0 unspecified atom stereocenters. The SMILES string of the molecule is Cn1c(=O)n(C)c2cc(NCCO)ccc21. The number of nitrogens with zero attached hydrogens (tertiary/aromatic N) is 2. The molecule has 2 aromatic rings. The molecule has 2 N–H and O–H groups in total. The molecule has 0 fully saturated rings. The molecule has 0 saturated heterocycles. The van der Waals surface area contributed by atoms with Gasteiger partial charge in [-0.15, -0.1) is 0 Å². The molecular formula is C11H15N3O2. The van der Waals surface area contributed by atoms with Crippen LogP contribution in [0.3, 0.4) is 0 Å². The first-order valence-electron chi connectivity index (χ1n) is 5.15. The van der Waals surface area contributed by atoms with Crippen LogP contribution in [0.2, 0.25) is 0 Å². The van der Waals surface area contributed by atoms with Crippen LogP contribution in [0.15, 0.2) is 23.0 Å². The molecule has 0 aliphatic rings.